The minimum atomic E-state index is -0.674. The fourth-order valence-corrected chi connectivity index (χ4v) is 2.46. The molecule has 0 saturated heterocycles. The molecule has 5 nitrogen and oxygen atoms in total. The summed E-state index contributed by atoms with van der Waals surface area (Å²) in [6.07, 6.45) is 1.44. The molecule has 0 aliphatic rings. The Morgan fingerprint density at radius 1 is 1.11 bits per heavy atom. The lowest BCUT2D eigenvalue weighted by Crippen LogP contribution is -2.20. The highest BCUT2D eigenvalue weighted by Gasteiger charge is 2.13. The lowest BCUT2D eigenvalue weighted by molar-refractivity contribution is 0.0991. The van der Waals surface area contributed by atoms with Crippen LogP contribution in [-0.4, -0.2) is 16.8 Å². The molecule has 2 amide bonds. The van der Waals surface area contributed by atoms with Gasteiger partial charge in [-0.2, -0.15) is 0 Å². The van der Waals surface area contributed by atoms with Gasteiger partial charge < -0.3 is 11.5 Å². The average molecular weight is 275 g/mol. The number of aromatic nitrogens is 1. The number of carbonyl (C=O) groups excluding carboxylic acids is 2. The number of hydrogen-bond donors (Lipinski definition) is 2. The normalized spacial score (nSPS) is 10.3. The van der Waals surface area contributed by atoms with E-state index in [1.165, 1.54) is 10.9 Å². The number of hydrogen-bond acceptors (Lipinski definition) is 4. The molecule has 0 aliphatic carbocycles. The van der Waals surface area contributed by atoms with Crippen LogP contribution in [0.3, 0.4) is 0 Å². The van der Waals surface area contributed by atoms with Crippen LogP contribution in [0.25, 0.3) is 0 Å². The molecule has 0 aromatic carbocycles. The first-order valence-corrected chi connectivity index (χ1v) is 6.58. The summed E-state index contributed by atoms with van der Waals surface area (Å²) in [5.41, 5.74) is 11.3. The molecule has 2 heterocycles. The van der Waals surface area contributed by atoms with Crippen molar-refractivity contribution in [1.82, 2.24) is 4.98 Å². The van der Waals surface area contributed by atoms with Gasteiger partial charge in [-0.3, -0.25) is 9.59 Å². The second kappa shape index (κ2) is 5.62. The summed E-state index contributed by atoms with van der Waals surface area (Å²) < 4.78 is 0. The third-order valence-electron chi connectivity index (χ3n) is 2.69. The number of primary amides is 2. The quantitative estimate of drug-likeness (QED) is 0.855. The number of aryl methyl sites for hydroxylation is 2. The van der Waals surface area contributed by atoms with Crippen LogP contribution in [0.4, 0.5) is 0 Å². The van der Waals surface area contributed by atoms with Crippen molar-refractivity contribution in [1.29, 1.82) is 0 Å². The average Bonchev–Trinajstić information content (AvgIpc) is 2.89. The molecule has 0 saturated carbocycles. The number of nitrogens with zero attached hydrogens (tertiary/aromatic N) is 1. The zero-order valence-corrected chi connectivity index (χ0v) is 10.9. The lowest BCUT2D eigenvalue weighted by atomic mass is 10.1. The molecule has 19 heavy (non-hydrogen) atoms. The lowest BCUT2D eigenvalue weighted by Gasteiger charge is -2.06. The summed E-state index contributed by atoms with van der Waals surface area (Å²) >= 11 is 1.65. The van der Waals surface area contributed by atoms with Crippen LogP contribution in [0.5, 0.6) is 0 Å². The Kier molecular flexibility index (Phi) is 3.91. The van der Waals surface area contributed by atoms with E-state index >= 15 is 0 Å². The number of carbonyl (C=O) groups is 2. The molecule has 6 heteroatoms. The smallest absolute Gasteiger partial charge is 0.267 e. The first-order chi connectivity index (χ1) is 9.08. The Balaban J connectivity index is 2.24. The van der Waals surface area contributed by atoms with Crippen molar-refractivity contribution in [2.24, 2.45) is 11.5 Å². The largest absolute Gasteiger partial charge is 0.364 e. The van der Waals surface area contributed by atoms with E-state index < -0.39 is 11.8 Å². The van der Waals surface area contributed by atoms with Crippen molar-refractivity contribution in [2.75, 3.05) is 0 Å². The van der Waals surface area contributed by atoms with E-state index in [0.29, 0.717) is 6.42 Å². The predicted molar refractivity (Wildman–Crippen MR) is 73.0 cm³/mol. The van der Waals surface area contributed by atoms with E-state index in [1.54, 1.807) is 17.4 Å². The van der Waals surface area contributed by atoms with Crippen molar-refractivity contribution in [3.63, 3.8) is 0 Å². The van der Waals surface area contributed by atoms with Gasteiger partial charge in [-0.15, -0.1) is 11.3 Å². The van der Waals surface area contributed by atoms with Crippen molar-refractivity contribution in [3.8, 4) is 0 Å². The molecule has 2 rings (SSSR count). The van der Waals surface area contributed by atoms with E-state index in [9.17, 15) is 9.59 Å². The van der Waals surface area contributed by atoms with Crippen molar-refractivity contribution >= 4 is 23.2 Å². The Morgan fingerprint density at radius 3 is 2.47 bits per heavy atom. The fourth-order valence-electron chi connectivity index (χ4n) is 1.75. The summed E-state index contributed by atoms with van der Waals surface area (Å²) in [4.78, 5) is 27.6. The van der Waals surface area contributed by atoms with Gasteiger partial charge in [0.15, 0.2) is 0 Å². The van der Waals surface area contributed by atoms with Gasteiger partial charge in [0, 0.05) is 4.88 Å². The molecule has 0 radical (unpaired) electrons. The topological polar surface area (TPSA) is 99.1 Å². The highest BCUT2D eigenvalue weighted by Crippen LogP contribution is 2.15. The number of nitrogens with two attached hydrogens (primary N) is 2. The Hall–Kier alpha value is -2.21. The molecule has 0 unspecified atom stereocenters. The van der Waals surface area contributed by atoms with E-state index in [4.69, 9.17) is 11.5 Å². The summed E-state index contributed by atoms with van der Waals surface area (Å²) in [6.45, 7) is 0. The zero-order valence-electron chi connectivity index (χ0n) is 10.1. The molecule has 0 spiro atoms. The summed E-state index contributed by atoms with van der Waals surface area (Å²) in [5.74, 6) is -1.32. The maximum Gasteiger partial charge on any atom is 0.267 e. The van der Waals surface area contributed by atoms with Crippen molar-refractivity contribution in [2.45, 2.75) is 12.8 Å². The van der Waals surface area contributed by atoms with Gasteiger partial charge in [0.05, 0.1) is 0 Å². The number of pyridine rings is 1. The number of rotatable bonds is 5. The van der Waals surface area contributed by atoms with Gasteiger partial charge >= 0.3 is 0 Å². The van der Waals surface area contributed by atoms with Crippen LogP contribution in [0.1, 0.15) is 31.4 Å². The first kappa shape index (κ1) is 13.2. The Morgan fingerprint density at radius 2 is 1.89 bits per heavy atom. The maximum absolute atomic E-state index is 11.4. The van der Waals surface area contributed by atoms with E-state index in [2.05, 4.69) is 4.98 Å². The molecule has 0 bridgehead atoms. The second-order valence-corrected chi connectivity index (χ2v) is 5.04. The zero-order chi connectivity index (χ0) is 13.8. The minimum absolute atomic E-state index is 0.0497. The molecule has 2 aromatic rings. The van der Waals surface area contributed by atoms with Crippen molar-refractivity contribution in [3.05, 3.63) is 51.5 Å². The van der Waals surface area contributed by atoms with E-state index in [1.807, 2.05) is 17.5 Å². The predicted octanol–water partition coefficient (Wildman–Crippen LogP) is 1.13. The van der Waals surface area contributed by atoms with Gasteiger partial charge in [0.1, 0.15) is 11.4 Å². The van der Waals surface area contributed by atoms with Gasteiger partial charge in [-0.25, -0.2) is 4.98 Å². The van der Waals surface area contributed by atoms with E-state index in [0.717, 1.165) is 12.0 Å². The van der Waals surface area contributed by atoms with Gasteiger partial charge in [-0.1, -0.05) is 12.1 Å². The molecule has 2 aromatic heterocycles. The first-order valence-electron chi connectivity index (χ1n) is 5.70. The summed E-state index contributed by atoms with van der Waals surface area (Å²) in [7, 11) is 0. The standard InChI is InChI=1S/C13H13N3O2S/c14-12(17)10-6-4-8(11(16-10)13(15)18)3-5-9-2-1-7-19-9/h1-2,4,6-7H,3,5H2,(H2,14,17)(H2,15,18). The molecule has 0 aliphatic heterocycles. The summed E-state index contributed by atoms with van der Waals surface area (Å²) in [6, 6.07) is 7.20. The SMILES string of the molecule is NC(=O)c1ccc(CCc2cccs2)c(C(N)=O)n1. The van der Waals surface area contributed by atoms with Crippen LogP contribution in [-0.2, 0) is 12.8 Å². The van der Waals surface area contributed by atoms with E-state index in [-0.39, 0.29) is 11.4 Å². The fraction of sp³-hybridized carbons (Fsp3) is 0.154. The Bertz CT molecular complexity index is 608. The highest BCUT2D eigenvalue weighted by atomic mass is 32.1. The Labute approximate surface area is 114 Å². The van der Waals surface area contributed by atoms with Gasteiger partial charge in [0.2, 0.25) is 0 Å². The van der Waals surface area contributed by atoms with Crippen LogP contribution >= 0.6 is 11.3 Å². The maximum atomic E-state index is 11.4. The van der Waals surface area contributed by atoms with Crippen LogP contribution in [0.2, 0.25) is 0 Å². The molecule has 98 valence electrons. The monoisotopic (exact) mass is 275 g/mol. The molecular weight excluding hydrogens is 262 g/mol. The molecule has 4 N–H and O–H groups in total. The second-order valence-electron chi connectivity index (χ2n) is 4.01. The summed E-state index contributed by atoms with van der Waals surface area (Å²) in [5, 5.41) is 2.00. The third kappa shape index (κ3) is 3.17. The van der Waals surface area contributed by atoms with Crippen molar-refractivity contribution < 1.29 is 9.59 Å². The van der Waals surface area contributed by atoms with Crippen LogP contribution < -0.4 is 11.5 Å². The molecular formula is C13H13N3O2S. The number of amides is 2. The molecule has 0 atom stereocenters. The van der Waals surface area contributed by atoms with Gasteiger partial charge in [0.25, 0.3) is 11.8 Å². The van der Waals surface area contributed by atoms with Gasteiger partial charge in [-0.05, 0) is 35.9 Å². The number of thiophene rings is 1. The van der Waals surface area contributed by atoms with Crippen LogP contribution in [0.15, 0.2) is 29.6 Å². The van der Waals surface area contributed by atoms with Crippen LogP contribution in [0, 0.1) is 0 Å². The molecule has 0 fully saturated rings. The highest BCUT2D eigenvalue weighted by molar-refractivity contribution is 7.09. The minimum Gasteiger partial charge on any atom is -0.364 e. The third-order valence-corrected chi connectivity index (χ3v) is 3.62.